The molecule has 8 heteroatoms. The SMILES string of the molecule is COc1ccc(-c2ccnc(Nc3cccc(F)c3)n2)cc1[N+](=O)[O-]. The summed E-state index contributed by atoms with van der Waals surface area (Å²) in [6.07, 6.45) is 1.51. The van der Waals surface area contributed by atoms with Crippen LogP contribution in [0.2, 0.25) is 0 Å². The second kappa shape index (κ2) is 6.91. The molecule has 0 spiro atoms. The number of aromatic nitrogens is 2. The highest BCUT2D eigenvalue weighted by Crippen LogP contribution is 2.31. The summed E-state index contributed by atoms with van der Waals surface area (Å²) in [4.78, 5) is 19.0. The fourth-order valence-corrected chi connectivity index (χ4v) is 2.27. The normalized spacial score (nSPS) is 10.3. The molecule has 0 saturated heterocycles. The van der Waals surface area contributed by atoms with E-state index < -0.39 is 4.92 Å². The quantitative estimate of drug-likeness (QED) is 0.559. The van der Waals surface area contributed by atoms with Gasteiger partial charge in [0.1, 0.15) is 5.82 Å². The van der Waals surface area contributed by atoms with Crippen LogP contribution in [0.3, 0.4) is 0 Å². The molecule has 0 unspecified atom stereocenters. The molecule has 1 aromatic heterocycles. The number of methoxy groups -OCH3 is 1. The van der Waals surface area contributed by atoms with E-state index in [1.165, 1.54) is 37.6 Å². The third kappa shape index (κ3) is 3.69. The van der Waals surface area contributed by atoms with Gasteiger partial charge in [-0.25, -0.2) is 14.4 Å². The monoisotopic (exact) mass is 340 g/mol. The predicted octanol–water partition coefficient (Wildman–Crippen LogP) is 3.94. The fraction of sp³-hybridized carbons (Fsp3) is 0.0588. The number of rotatable bonds is 5. The lowest BCUT2D eigenvalue weighted by Gasteiger charge is -2.08. The Hall–Kier alpha value is -3.55. The van der Waals surface area contributed by atoms with Crippen LogP contribution in [-0.4, -0.2) is 22.0 Å². The molecule has 3 aromatic rings. The maximum absolute atomic E-state index is 13.2. The largest absolute Gasteiger partial charge is 0.490 e. The van der Waals surface area contributed by atoms with Crippen molar-refractivity contribution in [1.29, 1.82) is 0 Å². The van der Waals surface area contributed by atoms with E-state index >= 15 is 0 Å². The van der Waals surface area contributed by atoms with Crippen molar-refractivity contribution in [2.75, 3.05) is 12.4 Å². The Morgan fingerprint density at radius 2 is 2.04 bits per heavy atom. The molecular formula is C17H13FN4O3. The number of nitrogens with one attached hydrogen (secondary N) is 1. The van der Waals surface area contributed by atoms with Crippen molar-refractivity contribution in [1.82, 2.24) is 9.97 Å². The number of halogens is 1. The molecule has 126 valence electrons. The molecule has 25 heavy (non-hydrogen) atoms. The van der Waals surface area contributed by atoms with Crippen LogP contribution in [0.4, 0.5) is 21.7 Å². The minimum atomic E-state index is -0.518. The summed E-state index contributed by atoms with van der Waals surface area (Å²) in [7, 11) is 1.37. The first kappa shape index (κ1) is 16.3. The Morgan fingerprint density at radius 1 is 1.20 bits per heavy atom. The molecule has 1 N–H and O–H groups in total. The molecule has 0 radical (unpaired) electrons. The van der Waals surface area contributed by atoms with Crippen molar-refractivity contribution in [2.24, 2.45) is 0 Å². The smallest absolute Gasteiger partial charge is 0.311 e. The van der Waals surface area contributed by atoms with Crippen molar-refractivity contribution in [3.05, 3.63) is 70.7 Å². The molecule has 0 amide bonds. The van der Waals surface area contributed by atoms with Crippen molar-refractivity contribution in [2.45, 2.75) is 0 Å². The second-order valence-corrected chi connectivity index (χ2v) is 5.04. The van der Waals surface area contributed by atoms with Crippen LogP contribution in [0, 0.1) is 15.9 Å². The maximum atomic E-state index is 13.2. The second-order valence-electron chi connectivity index (χ2n) is 5.04. The van der Waals surface area contributed by atoms with Gasteiger partial charge in [-0.15, -0.1) is 0 Å². The number of nitrogens with zero attached hydrogens (tertiary/aromatic N) is 3. The summed E-state index contributed by atoms with van der Waals surface area (Å²) in [6.45, 7) is 0. The van der Waals surface area contributed by atoms with Crippen LogP contribution in [0.15, 0.2) is 54.7 Å². The first-order valence-corrected chi connectivity index (χ1v) is 7.25. The zero-order chi connectivity index (χ0) is 17.8. The molecule has 0 saturated carbocycles. The Bertz CT molecular complexity index is 933. The van der Waals surface area contributed by atoms with E-state index in [2.05, 4.69) is 15.3 Å². The van der Waals surface area contributed by atoms with E-state index in [1.807, 2.05) is 0 Å². The van der Waals surface area contributed by atoms with Crippen molar-refractivity contribution in [3.8, 4) is 17.0 Å². The number of nitro benzene ring substituents is 1. The first-order chi connectivity index (χ1) is 12.1. The summed E-state index contributed by atoms with van der Waals surface area (Å²) in [5.74, 6) is 0.0365. The van der Waals surface area contributed by atoms with E-state index in [-0.39, 0.29) is 23.2 Å². The van der Waals surface area contributed by atoms with E-state index in [0.717, 1.165) is 0 Å². The topological polar surface area (TPSA) is 90.2 Å². The van der Waals surface area contributed by atoms with Gasteiger partial charge >= 0.3 is 5.69 Å². The lowest BCUT2D eigenvalue weighted by atomic mass is 10.1. The summed E-state index contributed by atoms with van der Waals surface area (Å²) >= 11 is 0. The van der Waals surface area contributed by atoms with Gasteiger partial charge in [-0.05, 0) is 36.4 Å². The minimum absolute atomic E-state index is 0.154. The molecule has 3 rings (SSSR count). The molecule has 0 aliphatic carbocycles. The van der Waals surface area contributed by atoms with Crippen LogP contribution >= 0.6 is 0 Å². The lowest BCUT2D eigenvalue weighted by Crippen LogP contribution is -1.99. The van der Waals surface area contributed by atoms with Crippen molar-refractivity contribution in [3.63, 3.8) is 0 Å². The van der Waals surface area contributed by atoms with Gasteiger partial charge in [-0.1, -0.05) is 6.07 Å². The number of benzene rings is 2. The van der Waals surface area contributed by atoms with Crippen LogP contribution in [0.1, 0.15) is 0 Å². The number of hydrogen-bond donors (Lipinski definition) is 1. The molecule has 0 aliphatic heterocycles. The van der Waals surface area contributed by atoms with Crippen LogP contribution < -0.4 is 10.1 Å². The molecule has 0 fully saturated rings. The van der Waals surface area contributed by atoms with E-state index in [0.29, 0.717) is 16.9 Å². The van der Waals surface area contributed by atoms with Crippen molar-refractivity contribution < 1.29 is 14.1 Å². The standard InChI is InChI=1S/C17H13FN4O3/c1-25-16-6-5-11(9-15(16)22(23)24)14-7-8-19-17(21-14)20-13-4-2-3-12(18)10-13/h2-10H,1H3,(H,19,20,21). The zero-order valence-electron chi connectivity index (χ0n) is 13.1. The third-order valence-electron chi connectivity index (χ3n) is 3.41. The lowest BCUT2D eigenvalue weighted by molar-refractivity contribution is -0.385. The Balaban J connectivity index is 1.94. The molecule has 2 aromatic carbocycles. The van der Waals surface area contributed by atoms with Crippen LogP contribution in [0.25, 0.3) is 11.3 Å². The number of nitro groups is 1. The predicted molar refractivity (Wildman–Crippen MR) is 90.4 cm³/mol. The van der Waals surface area contributed by atoms with Gasteiger partial charge in [0, 0.05) is 23.5 Å². The fourth-order valence-electron chi connectivity index (χ4n) is 2.27. The highest BCUT2D eigenvalue weighted by molar-refractivity contribution is 5.67. The Kier molecular flexibility index (Phi) is 4.51. The molecule has 0 aliphatic rings. The van der Waals surface area contributed by atoms with Crippen LogP contribution in [0.5, 0.6) is 5.75 Å². The van der Waals surface area contributed by atoms with Gasteiger partial charge in [0.2, 0.25) is 5.95 Å². The molecule has 0 bridgehead atoms. The minimum Gasteiger partial charge on any atom is -0.490 e. The Morgan fingerprint density at radius 3 is 2.76 bits per heavy atom. The molecular weight excluding hydrogens is 327 g/mol. The van der Waals surface area contributed by atoms with Gasteiger partial charge in [-0.2, -0.15) is 0 Å². The number of hydrogen-bond acceptors (Lipinski definition) is 6. The molecule has 0 atom stereocenters. The summed E-state index contributed by atoms with van der Waals surface area (Å²) in [5.41, 5.74) is 1.37. The highest BCUT2D eigenvalue weighted by Gasteiger charge is 2.16. The average Bonchev–Trinajstić information content (AvgIpc) is 2.61. The molecule has 1 heterocycles. The average molecular weight is 340 g/mol. The Labute approximate surface area is 142 Å². The van der Waals surface area contributed by atoms with Gasteiger partial charge in [0.05, 0.1) is 17.7 Å². The van der Waals surface area contributed by atoms with Gasteiger partial charge in [-0.3, -0.25) is 10.1 Å². The van der Waals surface area contributed by atoms with Gasteiger partial charge in [0.25, 0.3) is 0 Å². The number of ether oxygens (including phenoxy) is 1. The van der Waals surface area contributed by atoms with Crippen molar-refractivity contribution >= 4 is 17.3 Å². The van der Waals surface area contributed by atoms with Gasteiger partial charge in [0.15, 0.2) is 5.75 Å². The van der Waals surface area contributed by atoms with Crippen LogP contribution in [-0.2, 0) is 0 Å². The highest BCUT2D eigenvalue weighted by atomic mass is 19.1. The molecule has 7 nitrogen and oxygen atoms in total. The van der Waals surface area contributed by atoms with E-state index in [1.54, 1.807) is 24.3 Å². The summed E-state index contributed by atoms with van der Waals surface area (Å²) < 4.78 is 18.2. The summed E-state index contributed by atoms with van der Waals surface area (Å²) in [6, 6.07) is 12.1. The van der Waals surface area contributed by atoms with Gasteiger partial charge < -0.3 is 10.1 Å². The number of anilines is 2. The van der Waals surface area contributed by atoms with E-state index in [9.17, 15) is 14.5 Å². The maximum Gasteiger partial charge on any atom is 0.311 e. The zero-order valence-corrected chi connectivity index (χ0v) is 13.1. The summed E-state index contributed by atoms with van der Waals surface area (Å²) in [5, 5.41) is 14.0. The third-order valence-corrected chi connectivity index (χ3v) is 3.41. The first-order valence-electron chi connectivity index (χ1n) is 7.25. The van der Waals surface area contributed by atoms with E-state index in [4.69, 9.17) is 4.74 Å².